The van der Waals surface area contributed by atoms with Crippen LogP contribution >= 0.6 is 0 Å². The Bertz CT molecular complexity index is 2160. The molecule has 4 amide bonds. The lowest BCUT2D eigenvalue weighted by Gasteiger charge is -2.27. The molecule has 3 aromatic heterocycles. The van der Waals surface area contributed by atoms with Gasteiger partial charge in [-0.1, -0.05) is 48.5 Å². The number of methoxy groups -OCH3 is 1. The zero-order chi connectivity index (χ0) is 38.6. The van der Waals surface area contributed by atoms with Crippen LogP contribution in [0.4, 0.5) is 9.59 Å². The molecule has 16 nitrogen and oxygen atoms in total. The zero-order valence-electron chi connectivity index (χ0n) is 30.9. The fourth-order valence-electron chi connectivity index (χ4n) is 7.44. The first-order valence-electron chi connectivity index (χ1n) is 18.3. The number of nitrogens with one attached hydrogen (secondary N) is 3. The maximum atomic E-state index is 13.7. The van der Waals surface area contributed by atoms with Gasteiger partial charge in [-0.2, -0.15) is 0 Å². The molecule has 16 heteroatoms. The number of aryl methyl sites for hydroxylation is 1. The largest absolute Gasteiger partial charge is 0.453 e. The minimum atomic E-state index is -1.07. The Morgan fingerprint density at radius 3 is 1.80 bits per heavy atom. The van der Waals surface area contributed by atoms with Crippen LogP contribution in [0.5, 0.6) is 0 Å². The van der Waals surface area contributed by atoms with E-state index < -0.39 is 24.3 Å². The summed E-state index contributed by atoms with van der Waals surface area (Å²) >= 11 is 0. The molecule has 1 unspecified atom stereocenters. The first kappa shape index (κ1) is 36.9. The standard InChI is InChI=1S/C39H44N10O6/c1-23(44-39(53)54-3)36(50)48-16-4-6-31(48)34-42-20-29(45-34)26-12-8-24(9-13-26)25-10-14-27(15-11-25)30-21-43-35(46-30)32-7-5-17-49(32)37(51)33(55-38(40)52)18-28-19-41-22-47(28)2/h8-15,19-23,31-33H,4-7,16-18H2,1-3H3,(H2,40,52)(H,42,45)(H,43,46)(H,44,53)/t23-,31?,32-,33-/m0/s1. The molecule has 2 aliphatic heterocycles. The Morgan fingerprint density at radius 2 is 1.33 bits per heavy atom. The second kappa shape index (κ2) is 15.9. The second-order valence-electron chi connectivity index (χ2n) is 13.9. The van der Waals surface area contributed by atoms with Gasteiger partial charge in [0.05, 0.1) is 49.3 Å². The zero-order valence-corrected chi connectivity index (χ0v) is 30.9. The van der Waals surface area contributed by atoms with Crippen molar-refractivity contribution in [3.8, 4) is 33.6 Å². The van der Waals surface area contributed by atoms with E-state index in [1.165, 1.54) is 7.11 Å². The van der Waals surface area contributed by atoms with Crippen molar-refractivity contribution in [1.82, 2.24) is 44.6 Å². The summed E-state index contributed by atoms with van der Waals surface area (Å²) in [5, 5.41) is 2.55. The van der Waals surface area contributed by atoms with Gasteiger partial charge in [0.2, 0.25) is 5.91 Å². The number of aromatic amines is 2. The summed E-state index contributed by atoms with van der Waals surface area (Å²) in [7, 11) is 3.08. The highest BCUT2D eigenvalue weighted by Gasteiger charge is 2.38. The number of nitrogens with two attached hydrogens (primary N) is 1. The summed E-state index contributed by atoms with van der Waals surface area (Å²) in [5.74, 6) is 0.874. The first-order chi connectivity index (χ1) is 26.6. The van der Waals surface area contributed by atoms with Gasteiger partial charge in [-0.3, -0.25) is 9.59 Å². The van der Waals surface area contributed by atoms with E-state index in [-0.39, 0.29) is 30.3 Å². The van der Waals surface area contributed by atoms with Crippen LogP contribution in [0, 0.1) is 0 Å². The van der Waals surface area contributed by atoms with Gasteiger partial charge in [0, 0.05) is 38.4 Å². The number of nitrogens with zero attached hydrogens (tertiary/aromatic N) is 6. The van der Waals surface area contributed by atoms with Gasteiger partial charge in [-0.05, 0) is 54.9 Å². The predicted octanol–water partition coefficient (Wildman–Crippen LogP) is 4.65. The lowest BCUT2D eigenvalue weighted by molar-refractivity contribution is -0.141. The third-order valence-corrected chi connectivity index (χ3v) is 10.4. The number of primary amides is 1. The Balaban J connectivity index is 0.996. The molecule has 2 saturated heterocycles. The van der Waals surface area contributed by atoms with E-state index in [1.807, 2.05) is 31.3 Å². The minimum Gasteiger partial charge on any atom is -0.453 e. The van der Waals surface area contributed by atoms with Gasteiger partial charge in [0.1, 0.15) is 17.7 Å². The van der Waals surface area contributed by atoms with Crippen LogP contribution in [0.1, 0.15) is 62.0 Å². The number of H-pyrrole nitrogens is 2. The highest BCUT2D eigenvalue weighted by molar-refractivity contribution is 5.86. The molecule has 55 heavy (non-hydrogen) atoms. The van der Waals surface area contributed by atoms with E-state index in [0.29, 0.717) is 24.7 Å². The molecule has 2 aliphatic rings. The molecule has 0 spiro atoms. The van der Waals surface area contributed by atoms with E-state index >= 15 is 0 Å². The van der Waals surface area contributed by atoms with E-state index in [0.717, 1.165) is 65.0 Å². The number of aromatic nitrogens is 6. The highest BCUT2D eigenvalue weighted by atomic mass is 16.6. The molecule has 2 aromatic carbocycles. The molecule has 4 atom stereocenters. The fraction of sp³-hybridized carbons (Fsp3) is 0.359. The number of alkyl carbamates (subject to hydrolysis) is 1. The maximum absolute atomic E-state index is 13.7. The minimum absolute atomic E-state index is 0.159. The molecular formula is C39H44N10O6. The van der Waals surface area contributed by atoms with E-state index in [9.17, 15) is 19.2 Å². The Kier molecular flexibility index (Phi) is 10.7. The average Bonchev–Trinajstić information content (AvgIpc) is 4.04. The van der Waals surface area contributed by atoms with Crippen molar-refractivity contribution in [3.63, 3.8) is 0 Å². The van der Waals surface area contributed by atoms with Crippen molar-refractivity contribution >= 4 is 24.0 Å². The number of benzene rings is 2. The summed E-state index contributed by atoms with van der Waals surface area (Å²) in [4.78, 5) is 73.8. The quantitative estimate of drug-likeness (QED) is 0.148. The molecule has 0 radical (unpaired) electrons. The number of hydrogen-bond donors (Lipinski definition) is 4. The van der Waals surface area contributed by atoms with Gasteiger partial charge in [-0.25, -0.2) is 24.5 Å². The number of ether oxygens (including phenoxy) is 2. The number of carbonyl (C=O) groups excluding carboxylic acids is 4. The van der Waals surface area contributed by atoms with Crippen LogP contribution < -0.4 is 11.1 Å². The van der Waals surface area contributed by atoms with Crippen LogP contribution in [0.3, 0.4) is 0 Å². The topological polar surface area (TPSA) is 206 Å². The number of likely N-dealkylation sites (tertiary alicyclic amines) is 2. The Labute approximate surface area is 317 Å². The number of hydrogen-bond acceptors (Lipinski definition) is 9. The molecule has 0 aliphatic carbocycles. The summed E-state index contributed by atoms with van der Waals surface area (Å²) in [6.07, 6.45) is 7.37. The summed E-state index contributed by atoms with van der Waals surface area (Å²) in [6.45, 7) is 2.75. The van der Waals surface area contributed by atoms with E-state index in [4.69, 9.17) is 10.5 Å². The molecule has 0 bridgehead atoms. The van der Waals surface area contributed by atoms with Gasteiger partial charge in [0.15, 0.2) is 6.10 Å². The summed E-state index contributed by atoms with van der Waals surface area (Å²) in [5.41, 5.74) is 11.7. The third kappa shape index (κ3) is 7.93. The molecular weight excluding hydrogens is 704 g/mol. The monoisotopic (exact) mass is 748 g/mol. The molecule has 5 aromatic rings. The predicted molar refractivity (Wildman–Crippen MR) is 201 cm³/mol. The summed E-state index contributed by atoms with van der Waals surface area (Å²) in [6, 6.07) is 15.1. The number of rotatable bonds is 11. The van der Waals surface area contributed by atoms with Crippen LogP contribution in [0.25, 0.3) is 33.6 Å². The van der Waals surface area contributed by atoms with Crippen LogP contribution in [0.15, 0.2) is 73.4 Å². The van der Waals surface area contributed by atoms with Gasteiger partial charge in [0.25, 0.3) is 5.91 Å². The maximum Gasteiger partial charge on any atom is 0.407 e. The molecule has 0 saturated carbocycles. The lowest BCUT2D eigenvalue weighted by atomic mass is 10.0. The molecule has 2 fully saturated rings. The van der Waals surface area contributed by atoms with Gasteiger partial charge < -0.3 is 44.9 Å². The average molecular weight is 749 g/mol. The Morgan fingerprint density at radius 1 is 0.818 bits per heavy atom. The van der Waals surface area contributed by atoms with E-state index in [2.05, 4.69) is 59.2 Å². The van der Waals surface area contributed by atoms with Crippen molar-refractivity contribution in [3.05, 3.63) is 90.8 Å². The molecule has 286 valence electrons. The summed E-state index contributed by atoms with van der Waals surface area (Å²) < 4.78 is 11.7. The number of amides is 4. The van der Waals surface area contributed by atoms with E-state index in [1.54, 1.807) is 46.2 Å². The normalized spacial score (nSPS) is 17.9. The Hall–Kier alpha value is -6.45. The first-order valence-corrected chi connectivity index (χ1v) is 18.3. The van der Waals surface area contributed by atoms with Crippen LogP contribution in [0.2, 0.25) is 0 Å². The van der Waals surface area contributed by atoms with Gasteiger partial charge in [-0.15, -0.1) is 0 Å². The smallest absolute Gasteiger partial charge is 0.407 e. The van der Waals surface area contributed by atoms with Crippen molar-refractivity contribution in [1.29, 1.82) is 0 Å². The highest BCUT2D eigenvalue weighted by Crippen LogP contribution is 2.35. The van der Waals surface area contributed by atoms with Crippen LogP contribution in [-0.2, 0) is 32.5 Å². The molecule has 7 rings (SSSR count). The van der Waals surface area contributed by atoms with Crippen molar-refractivity contribution < 1.29 is 28.7 Å². The van der Waals surface area contributed by atoms with Gasteiger partial charge >= 0.3 is 12.2 Å². The van der Waals surface area contributed by atoms with Crippen molar-refractivity contribution in [2.75, 3.05) is 20.2 Å². The second-order valence-corrected chi connectivity index (χ2v) is 13.9. The molecule has 5 N–H and O–H groups in total. The fourth-order valence-corrected chi connectivity index (χ4v) is 7.44. The molecule has 5 heterocycles. The lowest BCUT2D eigenvalue weighted by Crippen LogP contribution is -2.46. The SMILES string of the molecule is COC(=O)N[C@@H](C)C(=O)N1CCCC1c1ncc(-c2ccc(-c3ccc(-c4cnc([C@@H]5CCCN5C(=O)[C@H](Cc5cncn5C)OC(N)=O)[nH]4)cc3)cc2)[nH]1. The van der Waals surface area contributed by atoms with Crippen molar-refractivity contribution in [2.45, 2.75) is 63.3 Å². The third-order valence-electron chi connectivity index (χ3n) is 10.4. The van der Waals surface area contributed by atoms with Crippen molar-refractivity contribution in [2.24, 2.45) is 12.8 Å². The number of imidazole rings is 3. The van der Waals surface area contributed by atoms with Crippen LogP contribution in [-0.4, -0.2) is 95.6 Å². The number of carbonyl (C=O) groups is 4.